The number of hydrogen-bond acceptors (Lipinski definition) is 5. The lowest BCUT2D eigenvalue weighted by atomic mass is 10.0. The minimum absolute atomic E-state index is 0.0560. The highest BCUT2D eigenvalue weighted by molar-refractivity contribution is 7.13. The first-order chi connectivity index (χ1) is 11.2. The van der Waals surface area contributed by atoms with E-state index in [0.717, 1.165) is 33.1 Å². The van der Waals surface area contributed by atoms with Gasteiger partial charge in [-0.05, 0) is 35.2 Å². The summed E-state index contributed by atoms with van der Waals surface area (Å²) in [5.74, 6) is 0. The summed E-state index contributed by atoms with van der Waals surface area (Å²) in [6, 6.07) is 16.0. The van der Waals surface area contributed by atoms with E-state index in [1.165, 1.54) is 11.3 Å². The number of aliphatic hydroxyl groups excluding tert-OH is 1. The molecule has 0 fully saturated rings. The number of aliphatic hydroxyl groups is 1. The van der Waals surface area contributed by atoms with E-state index in [1.54, 1.807) is 6.21 Å². The number of nitrogens with zero attached hydrogens (tertiary/aromatic N) is 2. The molecule has 5 heteroatoms. The number of aromatic nitrogens is 1. The minimum atomic E-state index is 0.0560. The third-order valence-corrected chi connectivity index (χ3v) is 4.21. The fraction of sp³-hybridized carbons (Fsp3) is 0.111. The lowest BCUT2D eigenvalue weighted by Gasteiger charge is -2.04. The van der Waals surface area contributed by atoms with Crippen molar-refractivity contribution in [2.45, 2.75) is 13.5 Å². The first-order valence-electron chi connectivity index (χ1n) is 7.26. The third kappa shape index (κ3) is 4.03. The quantitative estimate of drug-likeness (QED) is 0.550. The number of hydrogen-bond donors (Lipinski definition) is 2. The van der Waals surface area contributed by atoms with E-state index in [9.17, 15) is 5.11 Å². The molecule has 0 unspecified atom stereocenters. The van der Waals surface area contributed by atoms with E-state index in [0.29, 0.717) is 0 Å². The summed E-state index contributed by atoms with van der Waals surface area (Å²) in [5.41, 5.74) is 8.04. The zero-order valence-corrected chi connectivity index (χ0v) is 13.5. The fourth-order valence-corrected chi connectivity index (χ4v) is 2.82. The predicted molar refractivity (Wildman–Crippen MR) is 95.9 cm³/mol. The van der Waals surface area contributed by atoms with Crippen molar-refractivity contribution in [1.29, 1.82) is 0 Å². The van der Waals surface area contributed by atoms with Crippen LogP contribution >= 0.6 is 11.3 Å². The second kappa shape index (κ2) is 7.17. The Hall–Kier alpha value is -2.50. The summed E-state index contributed by atoms with van der Waals surface area (Å²) < 4.78 is 0. The summed E-state index contributed by atoms with van der Waals surface area (Å²) >= 11 is 1.53. The highest BCUT2D eigenvalue weighted by atomic mass is 32.1. The SMILES string of the molecule is Cc1csc(NN=Cc2ccc(-c3cccc(CO)c3)cc2)n1. The van der Waals surface area contributed by atoms with Gasteiger partial charge in [-0.25, -0.2) is 4.98 Å². The van der Waals surface area contributed by atoms with Crippen LogP contribution in [0.15, 0.2) is 59.0 Å². The molecule has 3 aromatic rings. The van der Waals surface area contributed by atoms with Crippen molar-refractivity contribution in [2.24, 2.45) is 5.10 Å². The lowest BCUT2D eigenvalue weighted by Crippen LogP contribution is -1.90. The molecule has 2 N–H and O–H groups in total. The molecule has 0 radical (unpaired) electrons. The first-order valence-corrected chi connectivity index (χ1v) is 8.14. The fourth-order valence-electron chi connectivity index (χ4n) is 2.18. The maximum atomic E-state index is 9.22. The topological polar surface area (TPSA) is 57.5 Å². The summed E-state index contributed by atoms with van der Waals surface area (Å²) in [4.78, 5) is 4.29. The Balaban J connectivity index is 1.69. The van der Waals surface area contributed by atoms with Crippen LogP contribution in [0.5, 0.6) is 0 Å². The number of rotatable bonds is 5. The number of benzene rings is 2. The molecule has 1 heterocycles. The molecular weight excluding hydrogens is 306 g/mol. The maximum absolute atomic E-state index is 9.22. The lowest BCUT2D eigenvalue weighted by molar-refractivity contribution is 0.282. The van der Waals surface area contributed by atoms with Crippen LogP contribution < -0.4 is 5.43 Å². The van der Waals surface area contributed by atoms with Crippen molar-refractivity contribution < 1.29 is 5.11 Å². The van der Waals surface area contributed by atoms with Crippen molar-refractivity contribution in [1.82, 2.24) is 4.98 Å². The summed E-state index contributed by atoms with van der Waals surface area (Å²) in [7, 11) is 0. The van der Waals surface area contributed by atoms with Crippen LogP contribution in [-0.2, 0) is 6.61 Å². The second-order valence-corrected chi connectivity index (χ2v) is 6.00. The van der Waals surface area contributed by atoms with Crippen molar-refractivity contribution in [3.63, 3.8) is 0 Å². The molecule has 0 amide bonds. The molecule has 2 aromatic carbocycles. The number of aryl methyl sites for hydroxylation is 1. The van der Waals surface area contributed by atoms with Gasteiger partial charge in [0, 0.05) is 5.38 Å². The zero-order chi connectivity index (χ0) is 16.1. The predicted octanol–water partition coefficient (Wildman–Crippen LogP) is 4.06. The van der Waals surface area contributed by atoms with Gasteiger partial charge in [0.25, 0.3) is 0 Å². The van der Waals surface area contributed by atoms with Gasteiger partial charge in [0.2, 0.25) is 5.13 Å². The highest BCUT2D eigenvalue weighted by Crippen LogP contribution is 2.21. The molecule has 0 aliphatic carbocycles. The van der Waals surface area contributed by atoms with E-state index >= 15 is 0 Å². The first kappa shape index (κ1) is 15.4. The van der Waals surface area contributed by atoms with E-state index < -0.39 is 0 Å². The van der Waals surface area contributed by atoms with Crippen LogP contribution in [0, 0.1) is 6.92 Å². The number of nitrogens with one attached hydrogen (secondary N) is 1. The second-order valence-electron chi connectivity index (χ2n) is 5.14. The van der Waals surface area contributed by atoms with Gasteiger partial charge in [0.1, 0.15) is 0 Å². The molecular formula is C18H17N3OS. The van der Waals surface area contributed by atoms with Gasteiger partial charge < -0.3 is 5.11 Å². The van der Waals surface area contributed by atoms with Crippen LogP contribution in [0.3, 0.4) is 0 Å². The smallest absolute Gasteiger partial charge is 0.203 e. The van der Waals surface area contributed by atoms with E-state index in [1.807, 2.05) is 60.8 Å². The molecule has 3 rings (SSSR count). The molecule has 0 aliphatic heterocycles. The van der Waals surface area contributed by atoms with Crippen molar-refractivity contribution in [2.75, 3.05) is 5.43 Å². The van der Waals surface area contributed by atoms with Gasteiger partial charge in [-0.15, -0.1) is 11.3 Å². The van der Waals surface area contributed by atoms with Crippen LogP contribution in [0.1, 0.15) is 16.8 Å². The third-order valence-electron chi connectivity index (χ3n) is 3.35. The summed E-state index contributed by atoms with van der Waals surface area (Å²) in [5, 5.41) is 16.2. The Morgan fingerprint density at radius 1 is 1.17 bits per heavy atom. The zero-order valence-electron chi connectivity index (χ0n) is 12.7. The van der Waals surface area contributed by atoms with Gasteiger partial charge in [-0.1, -0.05) is 42.5 Å². The van der Waals surface area contributed by atoms with Gasteiger partial charge in [0.05, 0.1) is 18.5 Å². The van der Waals surface area contributed by atoms with Gasteiger partial charge in [0.15, 0.2) is 0 Å². The average molecular weight is 323 g/mol. The van der Waals surface area contributed by atoms with Crippen LogP contribution in [0.4, 0.5) is 5.13 Å². The Kier molecular flexibility index (Phi) is 4.80. The van der Waals surface area contributed by atoms with Gasteiger partial charge in [-0.2, -0.15) is 5.10 Å². The highest BCUT2D eigenvalue weighted by Gasteiger charge is 1.99. The maximum Gasteiger partial charge on any atom is 0.203 e. The Morgan fingerprint density at radius 3 is 2.70 bits per heavy atom. The Morgan fingerprint density at radius 2 is 2.00 bits per heavy atom. The van der Waals surface area contributed by atoms with Crippen LogP contribution in [0.25, 0.3) is 11.1 Å². The van der Waals surface area contributed by atoms with Crippen molar-refractivity contribution in [3.05, 3.63) is 70.7 Å². The minimum Gasteiger partial charge on any atom is -0.392 e. The largest absolute Gasteiger partial charge is 0.392 e. The number of thiazole rings is 1. The van der Waals surface area contributed by atoms with E-state index in [2.05, 4.69) is 15.5 Å². The standard InChI is InChI=1S/C18H17N3OS/c1-13-12-23-18(20-13)21-19-10-14-5-7-16(8-6-14)17-4-2-3-15(9-17)11-22/h2-10,12,22H,11H2,1H3,(H,20,21). The molecule has 4 nitrogen and oxygen atoms in total. The number of anilines is 1. The van der Waals surface area contributed by atoms with Gasteiger partial charge >= 0.3 is 0 Å². The molecule has 23 heavy (non-hydrogen) atoms. The molecule has 0 aliphatic rings. The summed E-state index contributed by atoms with van der Waals surface area (Å²) in [6.45, 7) is 2.01. The number of hydrazone groups is 1. The normalized spacial score (nSPS) is 11.0. The molecule has 0 atom stereocenters. The molecule has 0 spiro atoms. The molecule has 0 saturated carbocycles. The van der Waals surface area contributed by atoms with E-state index in [-0.39, 0.29) is 6.61 Å². The molecule has 0 bridgehead atoms. The van der Waals surface area contributed by atoms with Gasteiger partial charge in [-0.3, -0.25) is 5.43 Å². The summed E-state index contributed by atoms with van der Waals surface area (Å²) in [6.07, 6.45) is 1.77. The van der Waals surface area contributed by atoms with Crippen molar-refractivity contribution >= 4 is 22.7 Å². The molecule has 116 valence electrons. The molecule has 0 saturated heterocycles. The van der Waals surface area contributed by atoms with Crippen LogP contribution in [-0.4, -0.2) is 16.3 Å². The Labute approximate surface area is 139 Å². The van der Waals surface area contributed by atoms with Crippen LogP contribution in [0.2, 0.25) is 0 Å². The van der Waals surface area contributed by atoms with E-state index in [4.69, 9.17) is 0 Å². The Bertz CT molecular complexity index is 809. The molecule has 1 aromatic heterocycles. The average Bonchev–Trinajstić information content (AvgIpc) is 3.01. The van der Waals surface area contributed by atoms with Crippen molar-refractivity contribution in [3.8, 4) is 11.1 Å². The monoisotopic (exact) mass is 323 g/mol.